The van der Waals surface area contributed by atoms with E-state index in [9.17, 15) is 9.59 Å². The van der Waals surface area contributed by atoms with Gasteiger partial charge >= 0.3 is 0 Å². The van der Waals surface area contributed by atoms with Crippen molar-refractivity contribution in [2.45, 2.75) is 25.4 Å². The average Bonchev–Trinajstić information content (AvgIpc) is 3.14. The highest BCUT2D eigenvalue weighted by Crippen LogP contribution is 2.31. The number of alkyl halides is 1. The summed E-state index contributed by atoms with van der Waals surface area (Å²) in [6.45, 7) is 1.33. The smallest absolute Gasteiger partial charge is 0.256 e. The van der Waals surface area contributed by atoms with Crippen molar-refractivity contribution in [2.75, 3.05) is 23.9 Å². The SMILES string of the molecule is O=C(CCl)c1ccc2c(c1)CCN2C(=O)C1CCCO1. The fourth-order valence-corrected chi connectivity index (χ4v) is 2.98. The molecule has 0 saturated carbocycles. The number of amides is 1. The van der Waals surface area contributed by atoms with Crippen LogP contribution in [0.3, 0.4) is 0 Å². The van der Waals surface area contributed by atoms with Crippen LogP contribution >= 0.6 is 11.6 Å². The van der Waals surface area contributed by atoms with Gasteiger partial charge in [-0.1, -0.05) is 0 Å². The number of hydrogen-bond acceptors (Lipinski definition) is 3. The predicted molar refractivity (Wildman–Crippen MR) is 76.5 cm³/mol. The second kappa shape index (κ2) is 5.54. The molecule has 1 aromatic rings. The van der Waals surface area contributed by atoms with E-state index in [1.807, 2.05) is 12.1 Å². The molecule has 20 heavy (non-hydrogen) atoms. The quantitative estimate of drug-likeness (QED) is 0.634. The van der Waals surface area contributed by atoms with Crippen LogP contribution in [0.25, 0.3) is 0 Å². The van der Waals surface area contributed by atoms with Gasteiger partial charge in [-0.15, -0.1) is 11.6 Å². The fourth-order valence-electron chi connectivity index (χ4n) is 2.83. The van der Waals surface area contributed by atoms with E-state index in [1.165, 1.54) is 0 Å². The van der Waals surface area contributed by atoms with Gasteiger partial charge in [-0.2, -0.15) is 0 Å². The van der Waals surface area contributed by atoms with Crippen molar-refractivity contribution in [3.05, 3.63) is 29.3 Å². The van der Waals surface area contributed by atoms with Crippen molar-refractivity contribution in [1.82, 2.24) is 0 Å². The van der Waals surface area contributed by atoms with Crippen molar-refractivity contribution >= 4 is 29.0 Å². The number of rotatable bonds is 3. The summed E-state index contributed by atoms with van der Waals surface area (Å²) in [4.78, 5) is 25.8. The standard InChI is InChI=1S/C15H16ClNO3/c16-9-13(18)11-3-4-12-10(8-11)5-6-17(12)15(19)14-2-1-7-20-14/h3-4,8,14H,1-2,5-7,9H2. The molecule has 2 aliphatic heterocycles. The lowest BCUT2D eigenvalue weighted by atomic mass is 10.1. The van der Waals surface area contributed by atoms with Crippen molar-refractivity contribution < 1.29 is 14.3 Å². The maximum atomic E-state index is 12.4. The molecule has 1 atom stereocenters. The Labute approximate surface area is 122 Å². The van der Waals surface area contributed by atoms with E-state index in [0.29, 0.717) is 18.7 Å². The Bertz CT molecular complexity index is 552. The third-order valence-electron chi connectivity index (χ3n) is 3.89. The van der Waals surface area contributed by atoms with Crippen LogP contribution in [0.15, 0.2) is 18.2 Å². The zero-order chi connectivity index (χ0) is 14.1. The predicted octanol–water partition coefficient (Wildman–Crippen LogP) is 2.18. The number of nitrogens with zero attached hydrogens (tertiary/aromatic N) is 1. The molecule has 5 heteroatoms. The normalized spacial score (nSPS) is 21.1. The maximum absolute atomic E-state index is 12.4. The zero-order valence-corrected chi connectivity index (χ0v) is 11.9. The van der Waals surface area contributed by atoms with Crippen molar-refractivity contribution in [3.63, 3.8) is 0 Å². The summed E-state index contributed by atoms with van der Waals surface area (Å²) < 4.78 is 5.46. The Kier molecular flexibility index (Phi) is 3.76. The van der Waals surface area contributed by atoms with Gasteiger partial charge in [0.05, 0.1) is 5.88 Å². The van der Waals surface area contributed by atoms with E-state index >= 15 is 0 Å². The number of hydrogen-bond donors (Lipinski definition) is 0. The summed E-state index contributed by atoms with van der Waals surface area (Å²) in [6, 6.07) is 5.43. The lowest BCUT2D eigenvalue weighted by molar-refractivity contribution is -0.127. The van der Waals surface area contributed by atoms with Crippen LogP contribution in [-0.2, 0) is 16.0 Å². The largest absolute Gasteiger partial charge is 0.368 e. The summed E-state index contributed by atoms with van der Waals surface area (Å²) in [5.41, 5.74) is 2.55. The summed E-state index contributed by atoms with van der Waals surface area (Å²) >= 11 is 5.57. The van der Waals surface area contributed by atoms with Gasteiger partial charge in [-0.05, 0) is 43.0 Å². The monoisotopic (exact) mass is 293 g/mol. The number of benzene rings is 1. The van der Waals surface area contributed by atoms with E-state index in [0.717, 1.165) is 30.5 Å². The summed E-state index contributed by atoms with van der Waals surface area (Å²) in [7, 11) is 0. The Morgan fingerprint density at radius 3 is 2.95 bits per heavy atom. The van der Waals surface area contributed by atoms with Crippen LogP contribution in [0.5, 0.6) is 0 Å². The lowest BCUT2D eigenvalue weighted by Crippen LogP contribution is -2.37. The topological polar surface area (TPSA) is 46.6 Å². The van der Waals surface area contributed by atoms with Crippen LogP contribution < -0.4 is 4.90 Å². The minimum absolute atomic E-state index is 0.0165. The van der Waals surface area contributed by atoms with Gasteiger partial charge < -0.3 is 9.64 Å². The molecule has 2 aliphatic rings. The molecule has 0 N–H and O–H groups in total. The van der Waals surface area contributed by atoms with E-state index in [4.69, 9.17) is 16.3 Å². The molecule has 0 bridgehead atoms. The molecule has 2 heterocycles. The summed E-state index contributed by atoms with van der Waals surface area (Å²) in [5.74, 6) is -0.0619. The highest BCUT2D eigenvalue weighted by Gasteiger charge is 2.32. The van der Waals surface area contributed by atoms with Gasteiger partial charge in [0.2, 0.25) is 0 Å². The van der Waals surface area contributed by atoms with Crippen molar-refractivity contribution in [1.29, 1.82) is 0 Å². The molecule has 1 aromatic carbocycles. The van der Waals surface area contributed by atoms with E-state index in [-0.39, 0.29) is 23.7 Å². The first-order chi connectivity index (χ1) is 9.70. The molecule has 0 aromatic heterocycles. The number of Topliss-reactive ketones (excluding diaryl/α,β-unsaturated/α-hetero) is 1. The zero-order valence-electron chi connectivity index (χ0n) is 11.1. The van der Waals surface area contributed by atoms with E-state index < -0.39 is 0 Å². The first-order valence-electron chi connectivity index (χ1n) is 6.86. The Balaban J connectivity index is 1.83. The Hall–Kier alpha value is -1.39. The van der Waals surface area contributed by atoms with Crippen LogP contribution in [-0.4, -0.2) is 36.8 Å². The van der Waals surface area contributed by atoms with E-state index in [2.05, 4.69) is 0 Å². The molecule has 1 saturated heterocycles. The van der Waals surface area contributed by atoms with Crippen LogP contribution in [0.4, 0.5) is 5.69 Å². The second-order valence-electron chi connectivity index (χ2n) is 5.14. The van der Waals surface area contributed by atoms with Gasteiger partial charge in [0.15, 0.2) is 5.78 Å². The molecule has 0 radical (unpaired) electrons. The van der Waals surface area contributed by atoms with Gasteiger partial charge in [-0.25, -0.2) is 0 Å². The Morgan fingerprint density at radius 2 is 2.25 bits per heavy atom. The van der Waals surface area contributed by atoms with Gasteiger partial charge in [0.25, 0.3) is 5.91 Å². The molecule has 0 aliphatic carbocycles. The maximum Gasteiger partial charge on any atom is 0.256 e. The summed E-state index contributed by atoms with van der Waals surface area (Å²) in [6.07, 6.45) is 2.22. The number of ketones is 1. The minimum atomic E-state index is -0.301. The molecule has 3 rings (SSSR count). The fraction of sp³-hybridized carbons (Fsp3) is 0.467. The van der Waals surface area contributed by atoms with Gasteiger partial charge in [0, 0.05) is 24.4 Å². The lowest BCUT2D eigenvalue weighted by Gasteiger charge is -2.20. The first kappa shape index (κ1) is 13.6. The molecule has 4 nitrogen and oxygen atoms in total. The molecule has 1 fully saturated rings. The van der Waals surface area contributed by atoms with Crippen LogP contribution in [0.2, 0.25) is 0 Å². The molecular formula is C15H16ClNO3. The van der Waals surface area contributed by atoms with Gasteiger partial charge in [0.1, 0.15) is 6.10 Å². The molecule has 106 valence electrons. The molecule has 0 spiro atoms. The van der Waals surface area contributed by atoms with E-state index in [1.54, 1.807) is 11.0 Å². The Morgan fingerprint density at radius 1 is 1.40 bits per heavy atom. The highest BCUT2D eigenvalue weighted by atomic mass is 35.5. The van der Waals surface area contributed by atoms with Crippen molar-refractivity contribution in [2.24, 2.45) is 0 Å². The van der Waals surface area contributed by atoms with Crippen LogP contribution in [0.1, 0.15) is 28.8 Å². The summed E-state index contributed by atoms with van der Waals surface area (Å²) in [5, 5.41) is 0. The molecule has 1 amide bonds. The number of carbonyl (C=O) groups excluding carboxylic acids is 2. The number of carbonyl (C=O) groups is 2. The third kappa shape index (κ3) is 2.34. The number of anilines is 1. The number of ether oxygens (including phenoxy) is 1. The molecule has 1 unspecified atom stereocenters. The average molecular weight is 294 g/mol. The van der Waals surface area contributed by atoms with Crippen LogP contribution in [0, 0.1) is 0 Å². The third-order valence-corrected chi connectivity index (χ3v) is 4.13. The number of fused-ring (bicyclic) bond motifs is 1. The highest BCUT2D eigenvalue weighted by molar-refractivity contribution is 6.30. The first-order valence-corrected chi connectivity index (χ1v) is 7.39. The minimum Gasteiger partial charge on any atom is -0.368 e. The van der Waals surface area contributed by atoms with Crippen molar-refractivity contribution in [3.8, 4) is 0 Å². The van der Waals surface area contributed by atoms with Gasteiger partial charge in [-0.3, -0.25) is 9.59 Å². The second-order valence-corrected chi connectivity index (χ2v) is 5.41. The number of halogens is 1. The molecular weight excluding hydrogens is 278 g/mol.